The maximum Gasteiger partial charge on any atom is 0.119 e. The van der Waals surface area contributed by atoms with E-state index >= 15 is 0 Å². The molecule has 0 aromatic heterocycles. The van der Waals surface area contributed by atoms with E-state index in [0.717, 1.165) is 31.5 Å². The zero-order valence-corrected chi connectivity index (χ0v) is 10.3. The molecular formula is C14H21NO2. The van der Waals surface area contributed by atoms with Crippen LogP contribution in [0.25, 0.3) is 0 Å². The number of para-hydroxylation sites is 1. The van der Waals surface area contributed by atoms with E-state index in [1.54, 1.807) is 6.07 Å². The third-order valence-electron chi connectivity index (χ3n) is 3.87. The Hall–Kier alpha value is -1.06. The van der Waals surface area contributed by atoms with Crippen molar-refractivity contribution in [2.24, 2.45) is 5.92 Å². The van der Waals surface area contributed by atoms with Crippen molar-refractivity contribution in [1.82, 2.24) is 4.90 Å². The molecule has 0 radical (unpaired) electrons. The fourth-order valence-corrected chi connectivity index (χ4v) is 2.73. The fourth-order valence-electron chi connectivity index (χ4n) is 2.73. The predicted octanol–water partition coefficient (Wildman–Crippen LogP) is 1.81. The zero-order chi connectivity index (χ0) is 12.3. The summed E-state index contributed by atoms with van der Waals surface area (Å²) in [5.41, 5.74) is 0.893. The van der Waals surface area contributed by atoms with Gasteiger partial charge in [-0.2, -0.15) is 0 Å². The highest BCUT2D eigenvalue weighted by atomic mass is 16.3. The Morgan fingerprint density at radius 3 is 2.53 bits per heavy atom. The number of piperidine rings is 1. The zero-order valence-electron chi connectivity index (χ0n) is 10.3. The van der Waals surface area contributed by atoms with Gasteiger partial charge in [0.15, 0.2) is 0 Å². The van der Waals surface area contributed by atoms with Crippen LogP contribution in [0.15, 0.2) is 24.3 Å². The highest BCUT2D eigenvalue weighted by Gasteiger charge is 2.27. The summed E-state index contributed by atoms with van der Waals surface area (Å²) in [4.78, 5) is 2.32. The van der Waals surface area contributed by atoms with Crippen molar-refractivity contribution in [2.75, 3.05) is 26.7 Å². The van der Waals surface area contributed by atoms with Crippen LogP contribution in [0.3, 0.4) is 0 Å². The van der Waals surface area contributed by atoms with Crippen LogP contribution < -0.4 is 0 Å². The molecule has 2 rings (SSSR count). The van der Waals surface area contributed by atoms with Crippen molar-refractivity contribution in [3.05, 3.63) is 29.8 Å². The Kier molecular flexibility index (Phi) is 4.02. The lowest BCUT2D eigenvalue weighted by Gasteiger charge is -2.34. The van der Waals surface area contributed by atoms with Gasteiger partial charge in [0, 0.05) is 5.92 Å². The average molecular weight is 235 g/mol. The van der Waals surface area contributed by atoms with E-state index in [-0.39, 0.29) is 12.5 Å². The predicted molar refractivity (Wildman–Crippen MR) is 68.2 cm³/mol. The molecule has 1 fully saturated rings. The van der Waals surface area contributed by atoms with Crippen molar-refractivity contribution in [2.45, 2.75) is 18.8 Å². The van der Waals surface area contributed by atoms with Gasteiger partial charge in [0.25, 0.3) is 0 Å². The molecule has 0 amide bonds. The lowest BCUT2D eigenvalue weighted by Crippen LogP contribution is -2.33. The third-order valence-corrected chi connectivity index (χ3v) is 3.87. The number of aromatic hydroxyl groups is 1. The minimum absolute atomic E-state index is 0.0740. The van der Waals surface area contributed by atoms with Gasteiger partial charge in [-0.1, -0.05) is 18.2 Å². The highest BCUT2D eigenvalue weighted by Crippen LogP contribution is 2.35. The second kappa shape index (κ2) is 5.52. The highest BCUT2D eigenvalue weighted by molar-refractivity contribution is 5.35. The lowest BCUT2D eigenvalue weighted by molar-refractivity contribution is 0.155. The van der Waals surface area contributed by atoms with Crippen LogP contribution >= 0.6 is 0 Å². The van der Waals surface area contributed by atoms with Gasteiger partial charge in [-0.15, -0.1) is 0 Å². The minimum atomic E-state index is 0.0740. The van der Waals surface area contributed by atoms with E-state index in [0.29, 0.717) is 11.7 Å². The molecule has 0 bridgehead atoms. The molecule has 1 heterocycles. The van der Waals surface area contributed by atoms with Crippen LogP contribution in [0.5, 0.6) is 5.75 Å². The topological polar surface area (TPSA) is 43.7 Å². The molecule has 3 heteroatoms. The molecule has 1 aromatic rings. The maximum absolute atomic E-state index is 9.87. The second-order valence-electron chi connectivity index (χ2n) is 4.99. The standard InChI is InChI=1S/C14H21NO2/c1-15-8-6-11(7-9-15)13(10-16)12-4-2-3-5-14(12)17/h2-5,11,13,16-17H,6-10H2,1H3. The van der Waals surface area contributed by atoms with Crippen molar-refractivity contribution in [1.29, 1.82) is 0 Å². The summed E-state index contributed by atoms with van der Waals surface area (Å²) < 4.78 is 0. The second-order valence-corrected chi connectivity index (χ2v) is 4.99. The molecular weight excluding hydrogens is 214 g/mol. The van der Waals surface area contributed by atoms with E-state index in [2.05, 4.69) is 11.9 Å². The Morgan fingerprint density at radius 1 is 1.29 bits per heavy atom. The molecule has 2 N–H and O–H groups in total. The number of phenols is 1. The van der Waals surface area contributed by atoms with Gasteiger partial charge in [0.1, 0.15) is 5.75 Å². The van der Waals surface area contributed by atoms with Crippen LogP contribution in [-0.2, 0) is 0 Å². The van der Waals surface area contributed by atoms with Crippen LogP contribution in [0.1, 0.15) is 24.3 Å². The first kappa shape index (κ1) is 12.4. The van der Waals surface area contributed by atoms with Gasteiger partial charge < -0.3 is 15.1 Å². The number of nitrogens with zero attached hydrogens (tertiary/aromatic N) is 1. The molecule has 1 atom stereocenters. The molecule has 1 unspecified atom stereocenters. The monoisotopic (exact) mass is 235 g/mol. The number of hydrogen-bond donors (Lipinski definition) is 2. The first-order chi connectivity index (χ1) is 8.22. The molecule has 3 nitrogen and oxygen atoms in total. The van der Waals surface area contributed by atoms with E-state index in [4.69, 9.17) is 0 Å². The average Bonchev–Trinajstić information content (AvgIpc) is 2.35. The van der Waals surface area contributed by atoms with Gasteiger partial charge in [0.05, 0.1) is 6.61 Å². The van der Waals surface area contributed by atoms with Crippen LogP contribution in [0.4, 0.5) is 0 Å². The third kappa shape index (κ3) is 2.79. The normalized spacial score (nSPS) is 20.4. The van der Waals surface area contributed by atoms with Crippen LogP contribution in [-0.4, -0.2) is 41.9 Å². The van der Waals surface area contributed by atoms with E-state index in [1.807, 2.05) is 18.2 Å². The molecule has 0 aliphatic carbocycles. The summed E-state index contributed by atoms with van der Waals surface area (Å²) in [5, 5.41) is 19.5. The summed E-state index contributed by atoms with van der Waals surface area (Å²) in [6.45, 7) is 2.27. The van der Waals surface area contributed by atoms with Gasteiger partial charge in [0.2, 0.25) is 0 Å². The molecule has 17 heavy (non-hydrogen) atoms. The molecule has 1 saturated heterocycles. The summed E-state index contributed by atoms with van der Waals surface area (Å²) in [5.74, 6) is 0.861. The molecule has 1 aliphatic heterocycles. The van der Waals surface area contributed by atoms with Gasteiger partial charge in [-0.25, -0.2) is 0 Å². The quantitative estimate of drug-likeness (QED) is 0.839. The lowest BCUT2D eigenvalue weighted by atomic mass is 9.80. The van der Waals surface area contributed by atoms with Crippen molar-refractivity contribution >= 4 is 0 Å². The van der Waals surface area contributed by atoms with Crippen molar-refractivity contribution in [3.63, 3.8) is 0 Å². The fraction of sp³-hybridized carbons (Fsp3) is 0.571. The number of aliphatic hydroxyl groups is 1. The summed E-state index contributed by atoms with van der Waals surface area (Å²) in [6, 6.07) is 7.37. The summed E-state index contributed by atoms with van der Waals surface area (Å²) >= 11 is 0. The number of likely N-dealkylation sites (tertiary alicyclic amines) is 1. The van der Waals surface area contributed by atoms with Gasteiger partial charge in [-0.05, 0) is 50.5 Å². The van der Waals surface area contributed by atoms with Crippen LogP contribution in [0.2, 0.25) is 0 Å². The molecule has 1 aliphatic rings. The molecule has 0 spiro atoms. The number of benzene rings is 1. The minimum Gasteiger partial charge on any atom is -0.508 e. The van der Waals surface area contributed by atoms with Crippen LogP contribution in [0, 0.1) is 5.92 Å². The number of rotatable bonds is 3. The maximum atomic E-state index is 9.87. The number of aliphatic hydroxyl groups excluding tert-OH is 1. The SMILES string of the molecule is CN1CCC(C(CO)c2ccccc2O)CC1. The Morgan fingerprint density at radius 2 is 1.94 bits per heavy atom. The molecule has 0 saturated carbocycles. The largest absolute Gasteiger partial charge is 0.508 e. The number of hydrogen-bond acceptors (Lipinski definition) is 3. The molecule has 94 valence electrons. The van der Waals surface area contributed by atoms with E-state index in [9.17, 15) is 10.2 Å². The van der Waals surface area contributed by atoms with Gasteiger partial charge in [-0.3, -0.25) is 0 Å². The smallest absolute Gasteiger partial charge is 0.119 e. The van der Waals surface area contributed by atoms with Crippen molar-refractivity contribution in [3.8, 4) is 5.75 Å². The Balaban J connectivity index is 2.14. The Bertz CT molecular complexity index is 359. The first-order valence-electron chi connectivity index (χ1n) is 6.29. The summed E-state index contributed by atoms with van der Waals surface area (Å²) in [6.07, 6.45) is 2.19. The van der Waals surface area contributed by atoms with E-state index < -0.39 is 0 Å². The summed E-state index contributed by atoms with van der Waals surface area (Å²) in [7, 11) is 2.13. The Labute approximate surface area is 103 Å². The van der Waals surface area contributed by atoms with E-state index in [1.165, 1.54) is 0 Å². The first-order valence-corrected chi connectivity index (χ1v) is 6.29. The number of phenolic OH excluding ortho intramolecular Hbond substituents is 1. The van der Waals surface area contributed by atoms with Crippen molar-refractivity contribution < 1.29 is 10.2 Å². The molecule has 1 aromatic carbocycles. The van der Waals surface area contributed by atoms with Gasteiger partial charge >= 0.3 is 0 Å².